The molecule has 1 N–H and O–H groups in total. The van der Waals surface area contributed by atoms with Crippen LogP contribution in [0.25, 0.3) is 10.8 Å². The molecule has 0 aromatic heterocycles. The van der Waals surface area contributed by atoms with Gasteiger partial charge in [0.25, 0.3) is 0 Å². The maximum atomic E-state index is 12.4. The molecule has 0 heterocycles. The molecule has 0 fully saturated rings. The molecule has 24 heavy (non-hydrogen) atoms. The van der Waals surface area contributed by atoms with Crippen LogP contribution in [0.15, 0.2) is 42.5 Å². The second kappa shape index (κ2) is 6.94. The molecule has 0 radical (unpaired) electrons. The monoisotopic (exact) mass is 355 g/mol. The number of hydrogen-bond donors (Lipinski definition) is 1. The Bertz CT molecular complexity index is 720. The lowest BCUT2D eigenvalue weighted by Crippen LogP contribution is -2.41. The third-order valence-corrected chi connectivity index (χ3v) is 4.36. The van der Waals surface area contributed by atoms with Crippen molar-refractivity contribution in [2.45, 2.75) is 31.9 Å². The molecule has 3 nitrogen and oxygen atoms in total. The lowest BCUT2D eigenvalue weighted by atomic mass is 10.0. The molecule has 0 aliphatic carbocycles. The number of fused-ring (bicyclic) bond motifs is 1. The first-order chi connectivity index (χ1) is 11.1. The Hall–Kier alpha value is -1.86. The van der Waals surface area contributed by atoms with Crippen LogP contribution in [-0.2, 0) is 9.22 Å². The zero-order valence-electron chi connectivity index (χ0n) is 13.8. The predicted octanol–water partition coefficient (Wildman–Crippen LogP) is 4.41. The van der Waals surface area contributed by atoms with Gasteiger partial charge in [-0.2, -0.15) is 13.2 Å². The molecular formula is C17H20F3NO2Si. The number of alkyl halides is 3. The van der Waals surface area contributed by atoms with Crippen LogP contribution in [0.2, 0.25) is 19.6 Å². The van der Waals surface area contributed by atoms with Gasteiger partial charge in [0.2, 0.25) is 0 Å². The summed E-state index contributed by atoms with van der Waals surface area (Å²) in [5.74, 6) is -1.95. The van der Waals surface area contributed by atoms with Crippen molar-refractivity contribution in [3.63, 3.8) is 0 Å². The maximum absolute atomic E-state index is 12.4. The Balaban J connectivity index is 2.33. The van der Waals surface area contributed by atoms with Crippen molar-refractivity contribution >= 4 is 25.0 Å². The fourth-order valence-corrected chi connectivity index (χ4v) is 3.52. The summed E-state index contributed by atoms with van der Waals surface area (Å²) in [5, 5.41) is 3.82. The number of amides is 1. The van der Waals surface area contributed by atoms with Gasteiger partial charge in [-0.1, -0.05) is 42.5 Å². The third-order valence-electron chi connectivity index (χ3n) is 3.37. The molecule has 1 amide bonds. The average Bonchev–Trinajstić information content (AvgIpc) is 2.48. The molecule has 2 aromatic rings. The number of halogens is 3. The van der Waals surface area contributed by atoms with Crippen molar-refractivity contribution in [1.29, 1.82) is 0 Å². The van der Waals surface area contributed by atoms with E-state index < -0.39 is 26.5 Å². The molecule has 0 aliphatic rings. The zero-order valence-corrected chi connectivity index (χ0v) is 14.8. The van der Waals surface area contributed by atoms with Crippen molar-refractivity contribution < 1.29 is 22.4 Å². The highest BCUT2D eigenvalue weighted by atomic mass is 28.4. The van der Waals surface area contributed by atoms with Gasteiger partial charge in [-0.15, -0.1) is 0 Å². The van der Waals surface area contributed by atoms with Crippen molar-refractivity contribution in [3.05, 3.63) is 48.0 Å². The third kappa shape index (κ3) is 4.81. The summed E-state index contributed by atoms with van der Waals surface area (Å²) in [5.41, 5.74) is 0.776. The van der Waals surface area contributed by atoms with E-state index in [2.05, 4.69) is 0 Å². The highest BCUT2D eigenvalue weighted by Crippen LogP contribution is 2.29. The number of benzene rings is 2. The van der Waals surface area contributed by atoms with Crippen LogP contribution in [0.5, 0.6) is 0 Å². The van der Waals surface area contributed by atoms with E-state index >= 15 is 0 Å². The van der Waals surface area contributed by atoms with Gasteiger partial charge in [0, 0.05) is 6.54 Å². The van der Waals surface area contributed by atoms with Crippen LogP contribution in [0.1, 0.15) is 11.7 Å². The Morgan fingerprint density at radius 2 is 1.75 bits per heavy atom. The molecule has 130 valence electrons. The van der Waals surface area contributed by atoms with Gasteiger partial charge in [-0.25, -0.2) is 0 Å². The second-order valence-corrected chi connectivity index (χ2v) is 11.0. The topological polar surface area (TPSA) is 38.3 Å². The minimum absolute atomic E-state index is 0.226. The van der Waals surface area contributed by atoms with E-state index in [4.69, 9.17) is 4.43 Å². The van der Waals surface area contributed by atoms with Crippen LogP contribution >= 0.6 is 0 Å². The van der Waals surface area contributed by atoms with Gasteiger partial charge in [-0.3, -0.25) is 4.79 Å². The first-order valence-electron chi connectivity index (χ1n) is 7.58. The lowest BCUT2D eigenvalue weighted by molar-refractivity contribution is -0.173. The van der Waals surface area contributed by atoms with Gasteiger partial charge in [-0.05, 0) is 36.0 Å². The standard InChI is InChI=1S/C17H20F3NO2Si/c1-24(2,3)23-15(11-21-16(22)17(18,19)20)14-10-6-8-12-7-4-5-9-13(12)14/h4-10,15H,11H2,1-3H3,(H,21,22)/t15-/m0/s1. The maximum Gasteiger partial charge on any atom is 0.471 e. The summed E-state index contributed by atoms with van der Waals surface area (Å²) in [4.78, 5) is 11.1. The molecule has 0 saturated heterocycles. The van der Waals surface area contributed by atoms with Crippen molar-refractivity contribution in [1.82, 2.24) is 5.32 Å². The minimum atomic E-state index is -4.90. The van der Waals surface area contributed by atoms with E-state index in [0.29, 0.717) is 0 Å². The first-order valence-corrected chi connectivity index (χ1v) is 11.0. The minimum Gasteiger partial charge on any atom is -0.409 e. The summed E-state index contributed by atoms with van der Waals surface area (Å²) < 4.78 is 43.4. The van der Waals surface area contributed by atoms with Crippen molar-refractivity contribution in [2.75, 3.05) is 6.54 Å². The quantitative estimate of drug-likeness (QED) is 0.807. The number of nitrogens with one attached hydrogen (secondary N) is 1. The van der Waals surface area contributed by atoms with Crippen LogP contribution in [0, 0.1) is 0 Å². The molecule has 7 heteroatoms. The molecule has 0 unspecified atom stereocenters. The molecule has 0 spiro atoms. The van der Waals surface area contributed by atoms with E-state index in [-0.39, 0.29) is 6.54 Å². The summed E-state index contributed by atoms with van der Waals surface area (Å²) in [7, 11) is -2.04. The summed E-state index contributed by atoms with van der Waals surface area (Å²) in [6.07, 6.45) is -5.53. The number of hydrogen-bond acceptors (Lipinski definition) is 2. The lowest BCUT2D eigenvalue weighted by Gasteiger charge is -2.28. The number of carbonyl (C=O) groups excluding carboxylic acids is 1. The number of carbonyl (C=O) groups is 1. The molecule has 0 saturated carbocycles. The van der Waals surface area contributed by atoms with Crippen LogP contribution < -0.4 is 5.32 Å². The first kappa shape index (κ1) is 18.5. The average molecular weight is 355 g/mol. The Morgan fingerprint density at radius 3 is 2.38 bits per heavy atom. The van der Waals surface area contributed by atoms with Crippen molar-refractivity contribution in [3.8, 4) is 0 Å². The molecule has 0 aliphatic heterocycles. The SMILES string of the molecule is C[Si](C)(C)O[C@@H](CNC(=O)C(F)(F)F)c1cccc2ccccc12. The molecule has 2 aromatic carbocycles. The van der Waals surface area contributed by atoms with E-state index in [9.17, 15) is 18.0 Å². The predicted molar refractivity (Wildman–Crippen MR) is 90.2 cm³/mol. The fourth-order valence-electron chi connectivity index (χ4n) is 2.46. The largest absolute Gasteiger partial charge is 0.471 e. The van der Waals surface area contributed by atoms with Crippen molar-refractivity contribution in [2.24, 2.45) is 0 Å². The summed E-state index contributed by atoms with van der Waals surface area (Å²) in [6.45, 7) is 5.64. The zero-order chi connectivity index (χ0) is 18.0. The second-order valence-electron chi connectivity index (χ2n) is 6.50. The highest BCUT2D eigenvalue weighted by Gasteiger charge is 2.39. The molecule has 0 bridgehead atoms. The highest BCUT2D eigenvalue weighted by molar-refractivity contribution is 6.69. The molecule has 1 atom stereocenters. The van der Waals surface area contributed by atoms with Crippen LogP contribution in [0.4, 0.5) is 13.2 Å². The van der Waals surface area contributed by atoms with Gasteiger partial charge in [0.05, 0.1) is 6.10 Å². The summed E-state index contributed by atoms with van der Waals surface area (Å²) >= 11 is 0. The Morgan fingerprint density at radius 1 is 1.12 bits per heavy atom. The number of rotatable bonds is 5. The molecular weight excluding hydrogens is 335 g/mol. The van der Waals surface area contributed by atoms with E-state index in [1.54, 1.807) is 0 Å². The van der Waals surface area contributed by atoms with Crippen LogP contribution in [-0.4, -0.2) is 26.9 Å². The smallest absolute Gasteiger partial charge is 0.409 e. The van der Waals surface area contributed by atoms with E-state index in [1.807, 2.05) is 67.4 Å². The molecule has 2 rings (SSSR count). The Kier molecular flexibility index (Phi) is 5.34. The Labute approximate surface area is 139 Å². The fraction of sp³-hybridized carbons (Fsp3) is 0.353. The normalized spacial score (nSPS) is 13.8. The van der Waals surface area contributed by atoms with Gasteiger partial charge in [0.15, 0.2) is 8.32 Å². The van der Waals surface area contributed by atoms with Gasteiger partial charge < -0.3 is 9.74 Å². The van der Waals surface area contributed by atoms with Crippen LogP contribution in [0.3, 0.4) is 0 Å². The van der Waals surface area contributed by atoms with E-state index in [0.717, 1.165) is 16.3 Å². The van der Waals surface area contributed by atoms with Gasteiger partial charge >= 0.3 is 12.1 Å². The van der Waals surface area contributed by atoms with E-state index in [1.165, 1.54) is 0 Å². The summed E-state index contributed by atoms with van der Waals surface area (Å²) in [6, 6.07) is 13.2. The van der Waals surface area contributed by atoms with Gasteiger partial charge in [0.1, 0.15) is 0 Å².